The monoisotopic (exact) mass is 421 g/mol. The number of rotatable bonds is 7. The lowest BCUT2D eigenvalue weighted by Gasteiger charge is -2.20. The normalized spacial score (nSPS) is 17.3. The number of benzene rings is 2. The largest absolute Gasteiger partial charge is 0.481 e. The Bertz CT molecular complexity index is 872. The van der Waals surface area contributed by atoms with Crippen molar-refractivity contribution in [2.24, 2.45) is 11.8 Å². The number of ether oxygens (including phenoxy) is 1. The third-order valence-corrected chi connectivity index (χ3v) is 6.78. The fraction of sp³-hybridized carbons (Fsp3) is 0.462. The molecule has 1 amide bonds. The van der Waals surface area contributed by atoms with Crippen molar-refractivity contribution in [1.29, 1.82) is 0 Å². The minimum Gasteiger partial charge on any atom is -0.481 e. The quantitative estimate of drug-likeness (QED) is 0.572. The van der Waals surface area contributed by atoms with Crippen molar-refractivity contribution in [2.75, 3.05) is 13.2 Å². The molecule has 1 atom stereocenters. The Morgan fingerprint density at radius 1 is 0.935 bits per heavy atom. The fourth-order valence-electron chi connectivity index (χ4n) is 5.13. The van der Waals surface area contributed by atoms with Crippen LogP contribution in [0.4, 0.5) is 4.79 Å². The van der Waals surface area contributed by atoms with Gasteiger partial charge >= 0.3 is 12.1 Å². The highest BCUT2D eigenvalue weighted by atomic mass is 16.5. The summed E-state index contributed by atoms with van der Waals surface area (Å²) in [4.78, 5) is 24.1. The van der Waals surface area contributed by atoms with Crippen molar-refractivity contribution in [3.63, 3.8) is 0 Å². The number of alkyl carbamates (subject to hydrolysis) is 1. The van der Waals surface area contributed by atoms with Crippen LogP contribution in [0.5, 0.6) is 0 Å². The molecule has 0 saturated heterocycles. The van der Waals surface area contributed by atoms with Crippen molar-refractivity contribution in [2.45, 2.75) is 50.9 Å². The van der Waals surface area contributed by atoms with E-state index in [1.54, 1.807) is 0 Å². The molecule has 31 heavy (non-hydrogen) atoms. The van der Waals surface area contributed by atoms with Crippen molar-refractivity contribution < 1.29 is 19.4 Å². The summed E-state index contributed by atoms with van der Waals surface area (Å²) >= 11 is 0. The Labute approximate surface area is 183 Å². The molecule has 5 nitrogen and oxygen atoms in total. The molecule has 5 heteroatoms. The number of carboxylic acids is 1. The molecule has 4 rings (SSSR count). The minimum absolute atomic E-state index is 0.000547. The van der Waals surface area contributed by atoms with Gasteiger partial charge in [0.05, 0.1) is 5.92 Å². The van der Waals surface area contributed by atoms with E-state index in [1.807, 2.05) is 24.3 Å². The van der Waals surface area contributed by atoms with Gasteiger partial charge in [-0.25, -0.2) is 4.79 Å². The average molecular weight is 422 g/mol. The second-order valence-electron chi connectivity index (χ2n) is 8.83. The van der Waals surface area contributed by atoms with Crippen LogP contribution < -0.4 is 5.32 Å². The van der Waals surface area contributed by atoms with E-state index >= 15 is 0 Å². The maximum absolute atomic E-state index is 12.4. The number of hydrogen-bond acceptors (Lipinski definition) is 3. The van der Waals surface area contributed by atoms with Crippen LogP contribution in [-0.4, -0.2) is 30.3 Å². The molecule has 1 unspecified atom stereocenters. The molecule has 2 N–H and O–H groups in total. The van der Waals surface area contributed by atoms with Gasteiger partial charge < -0.3 is 15.2 Å². The lowest BCUT2D eigenvalue weighted by atomic mass is 9.89. The topological polar surface area (TPSA) is 75.6 Å². The van der Waals surface area contributed by atoms with Gasteiger partial charge in [0.1, 0.15) is 6.61 Å². The Hall–Kier alpha value is -2.82. The molecule has 164 valence electrons. The van der Waals surface area contributed by atoms with Crippen LogP contribution in [0, 0.1) is 11.8 Å². The summed E-state index contributed by atoms with van der Waals surface area (Å²) in [6, 6.07) is 16.4. The average Bonchev–Trinajstić information content (AvgIpc) is 2.90. The van der Waals surface area contributed by atoms with Gasteiger partial charge in [-0.05, 0) is 34.6 Å². The van der Waals surface area contributed by atoms with Gasteiger partial charge in [0, 0.05) is 12.5 Å². The number of nitrogens with one attached hydrogen (secondary N) is 1. The fourth-order valence-corrected chi connectivity index (χ4v) is 5.13. The molecular formula is C26H31NO4. The first-order chi connectivity index (χ1) is 15.1. The third-order valence-electron chi connectivity index (χ3n) is 6.78. The minimum atomic E-state index is -0.844. The van der Waals surface area contributed by atoms with Crippen LogP contribution in [0.2, 0.25) is 0 Å². The highest BCUT2D eigenvalue weighted by Crippen LogP contribution is 2.44. The van der Waals surface area contributed by atoms with Crippen molar-refractivity contribution in [1.82, 2.24) is 5.32 Å². The second kappa shape index (κ2) is 9.99. The van der Waals surface area contributed by atoms with E-state index in [9.17, 15) is 14.7 Å². The van der Waals surface area contributed by atoms with Crippen LogP contribution in [0.1, 0.15) is 62.0 Å². The zero-order chi connectivity index (χ0) is 21.6. The number of fused-ring (bicyclic) bond motifs is 3. The maximum atomic E-state index is 12.4. The molecular weight excluding hydrogens is 390 g/mol. The summed E-state index contributed by atoms with van der Waals surface area (Å²) in [5, 5.41) is 12.3. The zero-order valence-corrected chi connectivity index (χ0v) is 17.9. The first-order valence-electron chi connectivity index (χ1n) is 11.4. The third kappa shape index (κ3) is 5.09. The molecule has 2 aliphatic rings. The molecule has 0 radical (unpaired) electrons. The Morgan fingerprint density at radius 3 is 2.10 bits per heavy atom. The van der Waals surface area contributed by atoms with Crippen molar-refractivity contribution in [3.8, 4) is 11.1 Å². The number of hydrogen-bond donors (Lipinski definition) is 2. The van der Waals surface area contributed by atoms with Crippen LogP contribution in [-0.2, 0) is 9.53 Å². The molecule has 0 bridgehead atoms. The van der Waals surface area contributed by atoms with E-state index in [-0.39, 0.29) is 19.1 Å². The highest BCUT2D eigenvalue weighted by molar-refractivity contribution is 5.79. The maximum Gasteiger partial charge on any atom is 0.407 e. The van der Waals surface area contributed by atoms with E-state index in [0.717, 1.165) is 24.0 Å². The second-order valence-corrected chi connectivity index (χ2v) is 8.83. The molecule has 0 heterocycles. The number of carbonyl (C=O) groups is 2. The van der Waals surface area contributed by atoms with Gasteiger partial charge in [-0.1, -0.05) is 87.1 Å². The lowest BCUT2D eigenvalue weighted by molar-refractivity contribution is -0.142. The van der Waals surface area contributed by atoms with Crippen molar-refractivity contribution in [3.05, 3.63) is 59.7 Å². The van der Waals surface area contributed by atoms with E-state index in [0.29, 0.717) is 12.3 Å². The van der Waals surface area contributed by atoms with E-state index in [2.05, 4.69) is 29.6 Å². The smallest absolute Gasteiger partial charge is 0.407 e. The predicted molar refractivity (Wildman–Crippen MR) is 120 cm³/mol. The van der Waals surface area contributed by atoms with Crippen molar-refractivity contribution >= 4 is 12.1 Å². The molecule has 2 aromatic carbocycles. The molecule has 1 fully saturated rings. The molecule has 0 aliphatic heterocycles. The molecule has 2 aliphatic carbocycles. The Balaban J connectivity index is 1.32. The van der Waals surface area contributed by atoms with Gasteiger partial charge in [0.2, 0.25) is 0 Å². The number of amides is 1. The van der Waals surface area contributed by atoms with E-state index < -0.39 is 18.0 Å². The molecule has 0 spiro atoms. The first kappa shape index (κ1) is 21.4. The standard InChI is InChI=1S/C26H31NO4/c28-25(29)19(15-18-9-3-1-2-4-10-18)16-27-26(30)31-17-24-22-13-7-5-11-20(22)21-12-6-8-14-23(21)24/h5-8,11-14,18-19,24H,1-4,9-10,15-17H2,(H,27,30)(H,28,29). The Kier molecular flexibility index (Phi) is 6.90. The highest BCUT2D eigenvalue weighted by Gasteiger charge is 2.29. The summed E-state index contributed by atoms with van der Waals surface area (Å²) in [5.74, 6) is -0.973. The van der Waals surface area contributed by atoms with E-state index in [4.69, 9.17) is 4.74 Å². The van der Waals surface area contributed by atoms with Gasteiger partial charge in [-0.2, -0.15) is 0 Å². The number of carboxylic acid groups (broad SMARTS) is 1. The summed E-state index contributed by atoms with van der Waals surface area (Å²) in [6.45, 7) is 0.350. The van der Waals surface area contributed by atoms with Gasteiger partial charge in [-0.15, -0.1) is 0 Å². The van der Waals surface area contributed by atoms with Crippen LogP contribution in [0.25, 0.3) is 11.1 Å². The number of aliphatic carboxylic acids is 1. The van der Waals surface area contributed by atoms with Crippen LogP contribution >= 0.6 is 0 Å². The summed E-state index contributed by atoms with van der Waals surface area (Å²) in [5.41, 5.74) is 4.68. The number of carbonyl (C=O) groups excluding carboxylic acids is 1. The molecule has 0 aromatic heterocycles. The van der Waals surface area contributed by atoms with Crippen LogP contribution in [0.15, 0.2) is 48.5 Å². The van der Waals surface area contributed by atoms with Crippen LogP contribution in [0.3, 0.4) is 0 Å². The zero-order valence-electron chi connectivity index (χ0n) is 17.9. The molecule has 1 saturated carbocycles. The SMILES string of the molecule is O=C(NCC(CC1CCCCCC1)C(=O)O)OCC1c2ccccc2-c2ccccc21. The Morgan fingerprint density at radius 2 is 1.52 bits per heavy atom. The lowest BCUT2D eigenvalue weighted by Crippen LogP contribution is -2.35. The first-order valence-corrected chi connectivity index (χ1v) is 11.4. The summed E-state index contributed by atoms with van der Waals surface area (Å²) in [6.07, 6.45) is 7.10. The van der Waals surface area contributed by atoms with E-state index in [1.165, 1.54) is 36.8 Å². The predicted octanol–water partition coefficient (Wildman–Crippen LogP) is 5.59. The van der Waals surface area contributed by atoms with Gasteiger partial charge in [0.25, 0.3) is 0 Å². The summed E-state index contributed by atoms with van der Waals surface area (Å²) in [7, 11) is 0. The van der Waals surface area contributed by atoms with Gasteiger partial charge in [0.15, 0.2) is 0 Å². The molecule has 2 aromatic rings. The summed E-state index contributed by atoms with van der Waals surface area (Å²) < 4.78 is 5.54. The van der Waals surface area contributed by atoms with Gasteiger partial charge in [-0.3, -0.25) is 4.79 Å².